The van der Waals surface area contributed by atoms with Crippen LogP contribution in [0.3, 0.4) is 0 Å². The number of nitrogens with one attached hydrogen (secondary N) is 1. The maximum Gasteiger partial charge on any atom is 0.407 e. The summed E-state index contributed by atoms with van der Waals surface area (Å²) >= 11 is 0. The van der Waals surface area contributed by atoms with Gasteiger partial charge in [0.05, 0.1) is 18.8 Å². The van der Waals surface area contributed by atoms with Crippen LogP contribution in [0.2, 0.25) is 0 Å². The van der Waals surface area contributed by atoms with Crippen LogP contribution in [-0.2, 0) is 4.74 Å². The Hall–Kier alpha value is -0.810. The van der Waals surface area contributed by atoms with E-state index in [1.807, 2.05) is 0 Å². The van der Waals surface area contributed by atoms with Crippen LogP contribution in [0, 0.1) is 0 Å². The molecule has 0 saturated heterocycles. The van der Waals surface area contributed by atoms with Gasteiger partial charge in [0.25, 0.3) is 0 Å². The number of carbonyl (C=O) groups is 1. The van der Waals surface area contributed by atoms with Crippen molar-refractivity contribution in [3.05, 3.63) is 0 Å². The lowest BCUT2D eigenvalue weighted by molar-refractivity contribution is 0.0963. The second-order valence-corrected chi connectivity index (χ2v) is 3.63. The predicted molar refractivity (Wildman–Crippen MR) is 49.9 cm³/mol. The number of aliphatic hydroxyl groups excluding tert-OH is 2. The lowest BCUT2D eigenvalue weighted by Gasteiger charge is -2.27. The van der Waals surface area contributed by atoms with Gasteiger partial charge in [0.2, 0.25) is 0 Å². The van der Waals surface area contributed by atoms with Crippen LogP contribution in [0.4, 0.5) is 4.79 Å². The fraction of sp³-hybridized carbons (Fsp3) is 0.889. The molecule has 0 unspecified atom stereocenters. The zero-order valence-electron chi connectivity index (χ0n) is 8.16. The largest absolute Gasteiger partial charge is 0.447 e. The third-order valence-corrected chi connectivity index (χ3v) is 2.55. The molecule has 1 rings (SSSR count). The van der Waals surface area contributed by atoms with Crippen molar-refractivity contribution in [1.82, 2.24) is 5.32 Å². The monoisotopic (exact) mass is 203 g/mol. The third-order valence-electron chi connectivity index (χ3n) is 2.55. The Morgan fingerprint density at radius 3 is 2.50 bits per heavy atom. The summed E-state index contributed by atoms with van der Waals surface area (Å²) in [4.78, 5) is 11.2. The molecule has 1 aliphatic rings. The molecule has 0 aromatic heterocycles. The van der Waals surface area contributed by atoms with Crippen LogP contribution < -0.4 is 5.32 Å². The van der Waals surface area contributed by atoms with Crippen LogP contribution in [0.25, 0.3) is 0 Å². The Kier molecular flexibility index (Phi) is 4.16. The molecule has 3 N–H and O–H groups in total. The zero-order chi connectivity index (χ0) is 10.4. The standard InChI is InChI=1S/C9H17NO4/c11-5-6-14-8(13)10-9(7-12)3-1-2-4-9/h11-12H,1-7H2,(H,10,13). The van der Waals surface area contributed by atoms with E-state index in [0.29, 0.717) is 0 Å². The van der Waals surface area contributed by atoms with Gasteiger partial charge >= 0.3 is 6.09 Å². The second kappa shape index (κ2) is 5.17. The van der Waals surface area contributed by atoms with Crippen molar-refractivity contribution in [2.75, 3.05) is 19.8 Å². The molecule has 1 amide bonds. The SMILES string of the molecule is O=C(NC1(CO)CCCC1)OCCO. The molecule has 82 valence electrons. The molecule has 0 spiro atoms. The van der Waals surface area contributed by atoms with Crippen molar-refractivity contribution < 1.29 is 19.7 Å². The highest BCUT2D eigenvalue weighted by Gasteiger charge is 2.35. The molecule has 0 aromatic rings. The average Bonchev–Trinajstić information content (AvgIpc) is 2.64. The van der Waals surface area contributed by atoms with Crippen molar-refractivity contribution in [2.24, 2.45) is 0 Å². The minimum Gasteiger partial charge on any atom is -0.447 e. The second-order valence-electron chi connectivity index (χ2n) is 3.63. The molecule has 0 heterocycles. The quantitative estimate of drug-likeness (QED) is 0.601. The van der Waals surface area contributed by atoms with Crippen molar-refractivity contribution in [2.45, 2.75) is 31.2 Å². The smallest absolute Gasteiger partial charge is 0.407 e. The summed E-state index contributed by atoms with van der Waals surface area (Å²) in [5.41, 5.74) is -0.494. The Balaban J connectivity index is 2.36. The first-order valence-corrected chi connectivity index (χ1v) is 4.89. The first-order valence-electron chi connectivity index (χ1n) is 4.89. The molecule has 0 aromatic carbocycles. The van der Waals surface area contributed by atoms with E-state index in [1.165, 1.54) is 0 Å². The number of carbonyl (C=O) groups excluding carboxylic acids is 1. The van der Waals surface area contributed by atoms with Gasteiger partial charge in [-0.25, -0.2) is 4.79 Å². The molecule has 0 aliphatic heterocycles. The van der Waals surface area contributed by atoms with E-state index in [2.05, 4.69) is 10.1 Å². The van der Waals surface area contributed by atoms with Gasteiger partial charge in [-0.2, -0.15) is 0 Å². The predicted octanol–water partition coefficient (Wildman–Crippen LogP) is 0.01000. The van der Waals surface area contributed by atoms with Gasteiger partial charge in [0.15, 0.2) is 0 Å². The molecule has 5 heteroatoms. The van der Waals surface area contributed by atoms with Crippen LogP contribution >= 0.6 is 0 Å². The average molecular weight is 203 g/mol. The molecule has 5 nitrogen and oxygen atoms in total. The van der Waals surface area contributed by atoms with Gasteiger partial charge in [-0.15, -0.1) is 0 Å². The van der Waals surface area contributed by atoms with E-state index in [-0.39, 0.29) is 19.8 Å². The molecule has 1 fully saturated rings. The van der Waals surface area contributed by atoms with Crippen LogP contribution in [0.1, 0.15) is 25.7 Å². The van der Waals surface area contributed by atoms with E-state index >= 15 is 0 Å². The van der Waals surface area contributed by atoms with E-state index in [4.69, 9.17) is 5.11 Å². The number of amides is 1. The van der Waals surface area contributed by atoms with Gasteiger partial charge in [-0.3, -0.25) is 0 Å². The maximum absolute atomic E-state index is 11.2. The van der Waals surface area contributed by atoms with E-state index in [9.17, 15) is 9.90 Å². The minimum atomic E-state index is -0.560. The third kappa shape index (κ3) is 2.85. The highest BCUT2D eigenvalue weighted by atomic mass is 16.6. The number of hydrogen-bond acceptors (Lipinski definition) is 4. The van der Waals surface area contributed by atoms with Crippen molar-refractivity contribution in [1.29, 1.82) is 0 Å². The molecule has 14 heavy (non-hydrogen) atoms. The van der Waals surface area contributed by atoms with Gasteiger partial charge in [0, 0.05) is 0 Å². The zero-order valence-corrected chi connectivity index (χ0v) is 8.16. The molecule has 1 saturated carbocycles. The molecular weight excluding hydrogens is 186 g/mol. The summed E-state index contributed by atoms with van der Waals surface area (Å²) in [7, 11) is 0. The summed E-state index contributed by atoms with van der Waals surface area (Å²) in [5, 5.41) is 20.3. The normalized spacial score (nSPS) is 19.3. The van der Waals surface area contributed by atoms with Crippen molar-refractivity contribution in [3.63, 3.8) is 0 Å². The lowest BCUT2D eigenvalue weighted by Crippen LogP contribution is -2.49. The highest BCUT2D eigenvalue weighted by molar-refractivity contribution is 5.68. The molecule has 1 aliphatic carbocycles. The first kappa shape index (κ1) is 11.3. The summed E-state index contributed by atoms with van der Waals surface area (Å²) in [5.74, 6) is 0. The number of rotatable bonds is 4. The molecule has 0 atom stereocenters. The Bertz CT molecular complexity index is 189. The topological polar surface area (TPSA) is 78.8 Å². The fourth-order valence-electron chi connectivity index (χ4n) is 1.77. The van der Waals surface area contributed by atoms with Crippen LogP contribution in [-0.4, -0.2) is 41.7 Å². The van der Waals surface area contributed by atoms with Crippen LogP contribution in [0.15, 0.2) is 0 Å². The van der Waals surface area contributed by atoms with Crippen molar-refractivity contribution in [3.8, 4) is 0 Å². The van der Waals surface area contributed by atoms with Crippen LogP contribution in [0.5, 0.6) is 0 Å². The molecular formula is C9H17NO4. The summed E-state index contributed by atoms with van der Waals surface area (Å²) in [6.07, 6.45) is 3.05. The van der Waals surface area contributed by atoms with Crippen molar-refractivity contribution >= 4 is 6.09 Å². The number of aliphatic hydroxyl groups is 2. The minimum absolute atomic E-state index is 0.00661. The number of ether oxygens (including phenoxy) is 1. The first-order chi connectivity index (χ1) is 6.72. The highest BCUT2D eigenvalue weighted by Crippen LogP contribution is 2.29. The fourth-order valence-corrected chi connectivity index (χ4v) is 1.77. The maximum atomic E-state index is 11.2. The Morgan fingerprint density at radius 2 is 2.00 bits per heavy atom. The summed E-state index contributed by atoms with van der Waals surface area (Å²) in [6.45, 7) is -0.242. The lowest BCUT2D eigenvalue weighted by atomic mass is 9.99. The van der Waals surface area contributed by atoms with Gasteiger partial charge in [-0.1, -0.05) is 12.8 Å². The van der Waals surface area contributed by atoms with Gasteiger partial charge in [0.1, 0.15) is 6.61 Å². The summed E-state index contributed by atoms with van der Waals surface area (Å²) in [6, 6.07) is 0. The Morgan fingerprint density at radius 1 is 1.36 bits per heavy atom. The van der Waals surface area contributed by atoms with E-state index < -0.39 is 11.6 Å². The summed E-state index contributed by atoms with van der Waals surface area (Å²) < 4.78 is 4.67. The number of hydrogen-bond donors (Lipinski definition) is 3. The van der Waals surface area contributed by atoms with Gasteiger partial charge in [-0.05, 0) is 12.8 Å². The Labute approximate surface area is 83.1 Å². The van der Waals surface area contributed by atoms with E-state index in [0.717, 1.165) is 25.7 Å². The van der Waals surface area contributed by atoms with Gasteiger partial charge < -0.3 is 20.3 Å². The van der Waals surface area contributed by atoms with E-state index in [1.54, 1.807) is 0 Å². The molecule has 0 bridgehead atoms. The number of alkyl carbamates (subject to hydrolysis) is 1. The molecule has 0 radical (unpaired) electrons.